The number of rotatable bonds is 1. The first-order chi connectivity index (χ1) is 2.81. The van der Waals surface area contributed by atoms with Crippen LogP contribution < -0.4 is 0 Å². The van der Waals surface area contributed by atoms with Crippen LogP contribution in [0.5, 0.6) is 0 Å². The highest BCUT2D eigenvalue weighted by Crippen LogP contribution is 1.93. The lowest BCUT2D eigenvalue weighted by atomic mass is 11.5. The van der Waals surface area contributed by atoms with Crippen LogP contribution in [0.4, 0.5) is 4.79 Å². The van der Waals surface area contributed by atoms with E-state index in [0.29, 0.717) is 0 Å². The Balaban J connectivity index is 3.23. The highest BCUT2D eigenvalue weighted by molar-refractivity contribution is 7.55. The van der Waals surface area contributed by atoms with Crippen molar-refractivity contribution in [3.8, 4) is 0 Å². The smallest absolute Gasteiger partial charge is 0.434 e. The van der Waals surface area contributed by atoms with Crippen LogP contribution in [0.1, 0.15) is 0 Å². The molecule has 0 aromatic heterocycles. The van der Waals surface area contributed by atoms with Crippen molar-refractivity contribution in [2.45, 2.75) is 0 Å². The van der Waals surface area contributed by atoms with Gasteiger partial charge < -0.3 is 4.74 Å². The maximum absolute atomic E-state index is 9.91. The number of hydrogen-bond donors (Lipinski definition) is 0. The zero-order valence-electron chi connectivity index (χ0n) is 3.52. The lowest BCUT2D eigenvalue weighted by Crippen LogP contribution is -1.81. The minimum atomic E-state index is -0.241. The van der Waals surface area contributed by atoms with Gasteiger partial charge in [0.1, 0.15) is 0 Å². The standard InChI is InChI=1S/C3H5O2P/c1-5-3(4)6-2/h2H2,1H3/p+1. The molecule has 1 atom stereocenters. The molecule has 0 aliphatic rings. The SMILES string of the molecule is C=[PH+]C(=O)OC. The summed E-state index contributed by atoms with van der Waals surface area (Å²) < 4.78 is 4.21. The first-order valence-corrected chi connectivity index (χ1v) is 2.63. The third kappa shape index (κ3) is 1.91. The van der Waals surface area contributed by atoms with E-state index in [-0.39, 0.29) is 13.9 Å². The summed E-state index contributed by atoms with van der Waals surface area (Å²) >= 11 is 0. The number of hydrogen-bond acceptors (Lipinski definition) is 2. The van der Waals surface area contributed by atoms with Crippen molar-refractivity contribution in [1.82, 2.24) is 0 Å². The molecular weight excluding hydrogens is 99.0 g/mol. The van der Waals surface area contributed by atoms with E-state index in [1.807, 2.05) is 0 Å². The normalized spacial score (nSPS) is 8.17. The van der Waals surface area contributed by atoms with E-state index >= 15 is 0 Å². The first-order valence-electron chi connectivity index (χ1n) is 1.42. The van der Waals surface area contributed by atoms with Crippen LogP contribution in [0.15, 0.2) is 0 Å². The van der Waals surface area contributed by atoms with Crippen molar-refractivity contribution in [2.75, 3.05) is 7.11 Å². The molecule has 0 aromatic carbocycles. The first kappa shape index (κ1) is 5.64. The van der Waals surface area contributed by atoms with Crippen LogP contribution in [0, 0.1) is 0 Å². The number of methoxy groups -OCH3 is 1. The zero-order valence-corrected chi connectivity index (χ0v) is 4.52. The highest BCUT2D eigenvalue weighted by Gasteiger charge is 1.95. The minimum Gasteiger partial charge on any atom is -0.434 e. The lowest BCUT2D eigenvalue weighted by Gasteiger charge is -1.74. The van der Waals surface area contributed by atoms with Gasteiger partial charge in [-0.3, -0.25) is 0 Å². The number of ether oxygens (including phenoxy) is 1. The predicted molar refractivity (Wildman–Crippen MR) is 27.8 cm³/mol. The van der Waals surface area contributed by atoms with Crippen molar-refractivity contribution in [1.29, 1.82) is 0 Å². The molecule has 3 heteroatoms. The molecule has 0 amide bonds. The maximum atomic E-state index is 9.91. The Labute approximate surface area is 37.9 Å². The molecule has 0 rings (SSSR count). The molecule has 0 aliphatic carbocycles. The maximum Gasteiger partial charge on any atom is 0.507 e. The van der Waals surface area contributed by atoms with Gasteiger partial charge in [-0.15, -0.1) is 0 Å². The average molecular weight is 105 g/mol. The van der Waals surface area contributed by atoms with Gasteiger partial charge >= 0.3 is 5.71 Å². The Morgan fingerprint density at radius 1 is 2.00 bits per heavy atom. The minimum absolute atomic E-state index is 0.0204. The summed E-state index contributed by atoms with van der Waals surface area (Å²) in [7, 11) is 1.37. The monoisotopic (exact) mass is 105 g/mol. The number of carbonyl (C=O) groups is 1. The second-order valence-electron chi connectivity index (χ2n) is 0.668. The third-order valence-electron chi connectivity index (χ3n) is 0.330. The molecular formula is C3H6O2P+. The zero-order chi connectivity index (χ0) is 4.99. The molecule has 0 aliphatic heterocycles. The van der Waals surface area contributed by atoms with E-state index in [1.165, 1.54) is 7.11 Å². The summed E-state index contributed by atoms with van der Waals surface area (Å²) in [6.45, 7) is 0. The molecule has 6 heavy (non-hydrogen) atoms. The van der Waals surface area contributed by atoms with E-state index in [4.69, 9.17) is 0 Å². The van der Waals surface area contributed by atoms with Crippen LogP contribution >= 0.6 is 8.20 Å². The third-order valence-corrected chi connectivity index (χ3v) is 0.823. The Hall–Kier alpha value is -0.360. The molecule has 0 spiro atoms. The van der Waals surface area contributed by atoms with Crippen LogP contribution in [-0.2, 0) is 4.74 Å². The molecule has 0 saturated heterocycles. The molecule has 0 radical (unpaired) electrons. The van der Waals surface area contributed by atoms with E-state index in [9.17, 15) is 4.79 Å². The van der Waals surface area contributed by atoms with Crippen molar-refractivity contribution in [3.05, 3.63) is 0 Å². The quantitative estimate of drug-likeness (QED) is 0.462. The van der Waals surface area contributed by atoms with Gasteiger partial charge in [-0.25, -0.2) is 0 Å². The molecule has 2 nitrogen and oxygen atoms in total. The lowest BCUT2D eigenvalue weighted by molar-refractivity contribution is 0.200. The van der Waals surface area contributed by atoms with Gasteiger partial charge in [-0.05, 0) is 0 Å². The molecule has 34 valence electrons. The predicted octanol–water partition coefficient (Wildman–Crippen LogP) is 0.863. The fourth-order valence-corrected chi connectivity index (χ4v) is 0.217. The van der Waals surface area contributed by atoms with Gasteiger partial charge in [0.15, 0.2) is 8.20 Å². The van der Waals surface area contributed by atoms with Gasteiger partial charge in [0.05, 0.1) is 13.4 Å². The average Bonchev–Trinajstić information content (AvgIpc) is 1.65. The molecule has 0 bridgehead atoms. The van der Waals surface area contributed by atoms with E-state index in [1.54, 1.807) is 0 Å². The Bertz CT molecular complexity index is 69.2. The Morgan fingerprint density at radius 2 is 2.50 bits per heavy atom. The fraction of sp³-hybridized carbons (Fsp3) is 0.333. The van der Waals surface area contributed by atoms with Gasteiger partial charge in [-0.1, -0.05) is 0 Å². The van der Waals surface area contributed by atoms with Crippen LogP contribution in [0.3, 0.4) is 0 Å². The molecule has 0 heterocycles. The van der Waals surface area contributed by atoms with Gasteiger partial charge in [0, 0.05) is 0 Å². The van der Waals surface area contributed by atoms with E-state index in [0.717, 1.165) is 0 Å². The van der Waals surface area contributed by atoms with Gasteiger partial charge in [0.2, 0.25) is 0 Å². The summed E-state index contributed by atoms with van der Waals surface area (Å²) in [5.41, 5.74) is -0.241. The van der Waals surface area contributed by atoms with Crippen molar-refractivity contribution in [3.63, 3.8) is 0 Å². The molecule has 0 aromatic rings. The topological polar surface area (TPSA) is 26.3 Å². The Kier molecular flexibility index (Phi) is 2.68. The van der Waals surface area contributed by atoms with Crippen LogP contribution in [-0.4, -0.2) is 19.1 Å². The largest absolute Gasteiger partial charge is 0.507 e. The molecule has 0 saturated carbocycles. The second-order valence-corrected chi connectivity index (χ2v) is 1.43. The summed E-state index contributed by atoms with van der Waals surface area (Å²) in [5, 5.41) is 0. The van der Waals surface area contributed by atoms with Crippen molar-refractivity contribution >= 4 is 20.2 Å². The second kappa shape index (κ2) is 2.86. The summed E-state index contributed by atoms with van der Waals surface area (Å²) in [5.74, 6) is 0. The summed E-state index contributed by atoms with van der Waals surface area (Å²) in [6.07, 6.45) is 3.31. The van der Waals surface area contributed by atoms with E-state index in [2.05, 4.69) is 11.0 Å². The molecule has 1 unspecified atom stereocenters. The van der Waals surface area contributed by atoms with Crippen LogP contribution in [0.2, 0.25) is 0 Å². The van der Waals surface area contributed by atoms with Crippen LogP contribution in [0.25, 0.3) is 0 Å². The summed E-state index contributed by atoms with van der Waals surface area (Å²) in [6, 6.07) is 0. The fourth-order valence-electron chi connectivity index (χ4n) is 0.0722. The summed E-state index contributed by atoms with van der Waals surface area (Å²) in [4.78, 5) is 9.91. The van der Waals surface area contributed by atoms with Crippen molar-refractivity contribution < 1.29 is 9.53 Å². The highest BCUT2D eigenvalue weighted by atomic mass is 31.1. The number of carbonyl (C=O) groups excluding carboxylic acids is 1. The van der Waals surface area contributed by atoms with Gasteiger partial charge in [0.25, 0.3) is 0 Å². The van der Waals surface area contributed by atoms with Gasteiger partial charge in [-0.2, -0.15) is 4.79 Å². The van der Waals surface area contributed by atoms with E-state index < -0.39 is 0 Å². The molecule has 0 fully saturated rings. The Morgan fingerprint density at radius 3 is 2.50 bits per heavy atom. The van der Waals surface area contributed by atoms with Crippen molar-refractivity contribution in [2.24, 2.45) is 0 Å². The molecule has 0 N–H and O–H groups in total.